The van der Waals surface area contributed by atoms with Gasteiger partial charge in [0.1, 0.15) is 5.75 Å². The molecule has 0 spiro atoms. The van der Waals surface area contributed by atoms with Crippen molar-refractivity contribution in [2.24, 2.45) is 0 Å². The van der Waals surface area contributed by atoms with Crippen LogP contribution in [0.2, 0.25) is 0 Å². The number of carbonyl (C=O) groups excluding carboxylic acids is 1. The Balaban J connectivity index is 1.98. The summed E-state index contributed by atoms with van der Waals surface area (Å²) in [5.74, 6) is 0.0453. The van der Waals surface area contributed by atoms with E-state index >= 15 is 0 Å². The quantitative estimate of drug-likeness (QED) is 0.906. The Morgan fingerprint density at radius 3 is 2.67 bits per heavy atom. The molecule has 0 aliphatic carbocycles. The molecule has 1 unspecified atom stereocenters. The molecule has 2 aromatic rings. The van der Waals surface area contributed by atoms with Crippen LogP contribution in [-0.2, 0) is 0 Å². The lowest BCUT2D eigenvalue weighted by Gasteiger charge is -2.35. The molecule has 21 heavy (non-hydrogen) atoms. The molecule has 0 saturated carbocycles. The Hall–Kier alpha value is -2.03. The van der Waals surface area contributed by atoms with Crippen LogP contribution in [0.4, 0.5) is 0 Å². The summed E-state index contributed by atoms with van der Waals surface area (Å²) in [5, 5.41) is 12.2. The molecule has 1 atom stereocenters. The standard InChI is InChI=1S/C18H21NO2/c1-2-15-9-5-6-10-19(15)18(21)16-11-13-7-3-4-8-14(13)12-17(16)20/h3-4,7-8,11-12,15,20H,2,5-6,9-10H2,1H3. The molecule has 0 radical (unpaired) electrons. The van der Waals surface area contributed by atoms with Crippen molar-refractivity contribution in [3.63, 3.8) is 0 Å². The number of phenolic OH excluding ortho intramolecular Hbond substituents is 1. The van der Waals surface area contributed by atoms with Crippen molar-refractivity contribution < 1.29 is 9.90 Å². The lowest BCUT2D eigenvalue weighted by molar-refractivity contribution is 0.0605. The number of rotatable bonds is 2. The van der Waals surface area contributed by atoms with Crippen LogP contribution in [0.5, 0.6) is 5.75 Å². The molecule has 1 aliphatic rings. The molecule has 1 aliphatic heterocycles. The first-order valence-electron chi connectivity index (χ1n) is 7.73. The van der Waals surface area contributed by atoms with Crippen LogP contribution in [-0.4, -0.2) is 28.5 Å². The summed E-state index contributed by atoms with van der Waals surface area (Å²) in [5.41, 5.74) is 0.425. The van der Waals surface area contributed by atoms with Gasteiger partial charge in [0.25, 0.3) is 5.91 Å². The Kier molecular flexibility index (Phi) is 3.82. The fourth-order valence-electron chi connectivity index (χ4n) is 3.25. The molecule has 1 fully saturated rings. The third-order valence-corrected chi connectivity index (χ3v) is 4.45. The van der Waals surface area contributed by atoms with Crippen molar-refractivity contribution in [2.45, 2.75) is 38.6 Å². The summed E-state index contributed by atoms with van der Waals surface area (Å²) in [6.07, 6.45) is 4.28. The van der Waals surface area contributed by atoms with Gasteiger partial charge >= 0.3 is 0 Å². The van der Waals surface area contributed by atoms with Crippen LogP contribution in [0.25, 0.3) is 10.8 Å². The molecule has 3 heteroatoms. The summed E-state index contributed by atoms with van der Waals surface area (Å²) < 4.78 is 0. The molecule has 3 rings (SSSR count). The number of hydrogen-bond acceptors (Lipinski definition) is 2. The van der Waals surface area contributed by atoms with E-state index < -0.39 is 0 Å². The van der Waals surface area contributed by atoms with Crippen LogP contribution in [0.1, 0.15) is 43.0 Å². The summed E-state index contributed by atoms with van der Waals surface area (Å²) in [7, 11) is 0. The highest BCUT2D eigenvalue weighted by molar-refractivity contribution is 6.01. The van der Waals surface area contributed by atoms with Crippen molar-refractivity contribution in [3.8, 4) is 5.75 Å². The number of amides is 1. The molecule has 3 nitrogen and oxygen atoms in total. The summed E-state index contributed by atoms with van der Waals surface area (Å²) in [6.45, 7) is 2.92. The number of nitrogens with zero attached hydrogens (tertiary/aromatic N) is 1. The number of carbonyl (C=O) groups is 1. The average molecular weight is 283 g/mol. The molecule has 1 heterocycles. The maximum Gasteiger partial charge on any atom is 0.257 e. The van der Waals surface area contributed by atoms with Crippen molar-refractivity contribution in [3.05, 3.63) is 42.0 Å². The van der Waals surface area contributed by atoms with Gasteiger partial charge in [-0.05, 0) is 48.6 Å². The summed E-state index contributed by atoms with van der Waals surface area (Å²) in [4.78, 5) is 14.7. The van der Waals surface area contributed by atoms with Gasteiger partial charge in [0, 0.05) is 12.6 Å². The predicted molar refractivity (Wildman–Crippen MR) is 84.6 cm³/mol. The molecular weight excluding hydrogens is 262 g/mol. The van der Waals surface area contributed by atoms with E-state index in [1.54, 1.807) is 6.07 Å². The van der Waals surface area contributed by atoms with Crippen molar-refractivity contribution in [1.82, 2.24) is 4.90 Å². The largest absolute Gasteiger partial charge is 0.507 e. The number of aromatic hydroxyl groups is 1. The predicted octanol–water partition coefficient (Wildman–Crippen LogP) is 3.95. The van der Waals surface area contributed by atoms with E-state index in [1.165, 1.54) is 6.42 Å². The van der Waals surface area contributed by atoms with Crippen LogP contribution in [0.3, 0.4) is 0 Å². The van der Waals surface area contributed by atoms with Crippen molar-refractivity contribution in [1.29, 1.82) is 0 Å². The second-order valence-electron chi connectivity index (χ2n) is 5.77. The zero-order chi connectivity index (χ0) is 14.8. The molecule has 0 bridgehead atoms. The fourth-order valence-corrected chi connectivity index (χ4v) is 3.25. The minimum atomic E-state index is -0.0372. The van der Waals surface area contributed by atoms with Crippen LogP contribution >= 0.6 is 0 Å². The zero-order valence-corrected chi connectivity index (χ0v) is 12.4. The van der Waals surface area contributed by atoms with Gasteiger partial charge in [0.05, 0.1) is 5.56 Å². The molecule has 1 N–H and O–H groups in total. The highest BCUT2D eigenvalue weighted by Gasteiger charge is 2.27. The third-order valence-electron chi connectivity index (χ3n) is 4.45. The molecule has 1 saturated heterocycles. The van der Waals surface area contributed by atoms with Gasteiger partial charge in [0.15, 0.2) is 0 Å². The highest BCUT2D eigenvalue weighted by atomic mass is 16.3. The van der Waals surface area contributed by atoms with Crippen LogP contribution < -0.4 is 0 Å². The number of phenols is 1. The number of fused-ring (bicyclic) bond motifs is 1. The SMILES string of the molecule is CCC1CCCCN1C(=O)c1cc2ccccc2cc1O. The molecule has 110 valence electrons. The monoisotopic (exact) mass is 283 g/mol. The zero-order valence-electron chi connectivity index (χ0n) is 12.4. The lowest BCUT2D eigenvalue weighted by Crippen LogP contribution is -2.43. The molecule has 2 aromatic carbocycles. The number of hydrogen-bond donors (Lipinski definition) is 1. The Bertz CT molecular complexity index is 665. The maximum atomic E-state index is 12.8. The van der Waals surface area contributed by atoms with E-state index in [9.17, 15) is 9.90 Å². The Morgan fingerprint density at radius 2 is 1.95 bits per heavy atom. The van der Waals surface area contributed by atoms with Gasteiger partial charge < -0.3 is 10.0 Å². The van der Waals surface area contributed by atoms with E-state index in [0.29, 0.717) is 11.6 Å². The van der Waals surface area contributed by atoms with E-state index in [4.69, 9.17) is 0 Å². The Labute approximate surface area is 125 Å². The maximum absolute atomic E-state index is 12.8. The second kappa shape index (κ2) is 5.76. The number of benzene rings is 2. The van der Waals surface area contributed by atoms with Crippen LogP contribution in [0.15, 0.2) is 36.4 Å². The Morgan fingerprint density at radius 1 is 1.24 bits per heavy atom. The lowest BCUT2D eigenvalue weighted by atomic mass is 9.98. The average Bonchev–Trinajstić information content (AvgIpc) is 2.53. The first-order chi connectivity index (χ1) is 10.2. The second-order valence-corrected chi connectivity index (χ2v) is 5.77. The van der Waals surface area contributed by atoms with Gasteiger partial charge in [-0.3, -0.25) is 4.79 Å². The van der Waals surface area contributed by atoms with Crippen molar-refractivity contribution >= 4 is 16.7 Å². The number of likely N-dealkylation sites (tertiary alicyclic amines) is 1. The topological polar surface area (TPSA) is 40.5 Å². The van der Waals surface area contributed by atoms with Gasteiger partial charge in [-0.25, -0.2) is 0 Å². The fraction of sp³-hybridized carbons (Fsp3) is 0.389. The number of piperidine rings is 1. The molecular formula is C18H21NO2. The molecule has 0 aromatic heterocycles. The molecule has 1 amide bonds. The first-order valence-corrected chi connectivity index (χ1v) is 7.73. The smallest absolute Gasteiger partial charge is 0.257 e. The summed E-state index contributed by atoms with van der Waals surface area (Å²) >= 11 is 0. The third kappa shape index (κ3) is 2.60. The van der Waals surface area contributed by atoms with Gasteiger partial charge in [-0.15, -0.1) is 0 Å². The van der Waals surface area contributed by atoms with Gasteiger partial charge in [-0.2, -0.15) is 0 Å². The normalized spacial score (nSPS) is 18.9. The van der Waals surface area contributed by atoms with E-state index in [-0.39, 0.29) is 11.7 Å². The van der Waals surface area contributed by atoms with Gasteiger partial charge in [-0.1, -0.05) is 31.2 Å². The highest BCUT2D eigenvalue weighted by Crippen LogP contribution is 2.29. The van der Waals surface area contributed by atoms with Gasteiger partial charge in [0.2, 0.25) is 0 Å². The minimum Gasteiger partial charge on any atom is -0.507 e. The van der Waals surface area contributed by atoms with E-state index in [0.717, 1.165) is 36.6 Å². The van der Waals surface area contributed by atoms with E-state index in [1.807, 2.05) is 35.2 Å². The van der Waals surface area contributed by atoms with Crippen LogP contribution in [0, 0.1) is 0 Å². The van der Waals surface area contributed by atoms with Crippen molar-refractivity contribution in [2.75, 3.05) is 6.54 Å². The minimum absolute atomic E-state index is 0.0372. The first kappa shape index (κ1) is 13.9. The summed E-state index contributed by atoms with van der Waals surface area (Å²) in [6, 6.07) is 11.6. The van der Waals surface area contributed by atoms with E-state index in [2.05, 4.69) is 6.92 Å².